The summed E-state index contributed by atoms with van der Waals surface area (Å²) in [5.41, 5.74) is 0.583. The lowest BCUT2D eigenvalue weighted by molar-refractivity contribution is -0.130. The minimum absolute atomic E-state index is 0.0954. The van der Waals surface area contributed by atoms with Crippen LogP contribution < -0.4 is 10.6 Å². The van der Waals surface area contributed by atoms with E-state index >= 15 is 0 Å². The Morgan fingerprint density at radius 1 is 1.20 bits per heavy atom. The van der Waals surface area contributed by atoms with Crippen molar-refractivity contribution in [1.82, 2.24) is 20.1 Å². The molecule has 1 aliphatic carbocycles. The van der Waals surface area contributed by atoms with Crippen molar-refractivity contribution in [3.63, 3.8) is 0 Å². The van der Waals surface area contributed by atoms with Gasteiger partial charge in [-0.2, -0.15) is 0 Å². The molecule has 0 unspecified atom stereocenters. The Kier molecular flexibility index (Phi) is 5.40. The Balaban J connectivity index is 1.39. The van der Waals surface area contributed by atoms with Gasteiger partial charge < -0.3 is 20.1 Å². The van der Waals surface area contributed by atoms with Crippen LogP contribution in [0.4, 0.5) is 0 Å². The lowest BCUT2D eigenvalue weighted by Crippen LogP contribution is -2.39. The van der Waals surface area contributed by atoms with Gasteiger partial charge in [0, 0.05) is 45.3 Å². The molecule has 25 heavy (non-hydrogen) atoms. The number of carbonyl (C=O) groups excluding carboxylic acids is 3. The Morgan fingerprint density at radius 3 is 2.60 bits per heavy atom. The number of hydrogen-bond donors (Lipinski definition) is 2. The Labute approximate surface area is 147 Å². The number of likely N-dealkylation sites (tertiary alicyclic amines) is 1. The van der Waals surface area contributed by atoms with E-state index < -0.39 is 0 Å². The van der Waals surface area contributed by atoms with Gasteiger partial charge in [0.05, 0.1) is 5.92 Å². The second kappa shape index (κ2) is 7.72. The van der Waals surface area contributed by atoms with Gasteiger partial charge in [0.15, 0.2) is 0 Å². The number of nitrogens with one attached hydrogen (secondary N) is 2. The Bertz CT molecular complexity index is 649. The van der Waals surface area contributed by atoms with Crippen LogP contribution in [-0.2, 0) is 16.6 Å². The minimum atomic E-state index is -0.267. The van der Waals surface area contributed by atoms with Crippen molar-refractivity contribution in [1.29, 1.82) is 0 Å². The van der Waals surface area contributed by atoms with Crippen LogP contribution >= 0.6 is 0 Å². The summed E-state index contributed by atoms with van der Waals surface area (Å²) in [4.78, 5) is 38.3. The van der Waals surface area contributed by atoms with Crippen LogP contribution in [0.1, 0.15) is 42.6 Å². The molecule has 2 N–H and O–H groups in total. The van der Waals surface area contributed by atoms with E-state index in [1.807, 2.05) is 24.2 Å². The van der Waals surface area contributed by atoms with Gasteiger partial charge >= 0.3 is 0 Å². The fourth-order valence-corrected chi connectivity index (χ4v) is 3.77. The molecule has 0 spiro atoms. The summed E-state index contributed by atoms with van der Waals surface area (Å²) in [5.74, 6) is -0.423. The summed E-state index contributed by atoms with van der Waals surface area (Å²) in [6.07, 6.45) is 6.58. The van der Waals surface area contributed by atoms with Gasteiger partial charge in [-0.15, -0.1) is 0 Å². The zero-order valence-electron chi connectivity index (χ0n) is 14.7. The monoisotopic (exact) mass is 346 g/mol. The molecule has 0 aromatic carbocycles. The summed E-state index contributed by atoms with van der Waals surface area (Å²) in [6.45, 7) is 1.26. The normalized spacial score (nSPS) is 20.9. The lowest BCUT2D eigenvalue weighted by Gasteiger charge is -2.23. The quantitative estimate of drug-likeness (QED) is 0.743. The molecule has 1 aliphatic heterocycles. The second-order valence-electron chi connectivity index (χ2n) is 6.94. The molecule has 136 valence electrons. The molecule has 7 nitrogen and oxygen atoms in total. The van der Waals surface area contributed by atoms with Crippen molar-refractivity contribution in [3.8, 4) is 0 Å². The zero-order valence-corrected chi connectivity index (χ0v) is 14.7. The maximum absolute atomic E-state index is 12.3. The lowest BCUT2D eigenvalue weighted by atomic mass is 10.1. The summed E-state index contributed by atoms with van der Waals surface area (Å²) in [7, 11) is 1.81. The van der Waals surface area contributed by atoms with Gasteiger partial charge in [-0.25, -0.2) is 0 Å². The Hall–Kier alpha value is -2.31. The molecular formula is C18H26N4O3. The van der Waals surface area contributed by atoms with Crippen molar-refractivity contribution < 1.29 is 14.4 Å². The van der Waals surface area contributed by atoms with Gasteiger partial charge in [-0.1, -0.05) is 12.8 Å². The highest BCUT2D eigenvalue weighted by Gasteiger charge is 2.38. The van der Waals surface area contributed by atoms with E-state index in [9.17, 15) is 14.4 Å². The van der Waals surface area contributed by atoms with Crippen molar-refractivity contribution in [2.24, 2.45) is 13.0 Å². The smallest absolute Gasteiger partial charge is 0.267 e. The number of carbonyl (C=O) groups is 3. The Morgan fingerprint density at radius 2 is 1.92 bits per heavy atom. The molecule has 1 aromatic heterocycles. The van der Waals surface area contributed by atoms with E-state index in [1.54, 1.807) is 10.6 Å². The van der Waals surface area contributed by atoms with Gasteiger partial charge in [-0.3, -0.25) is 14.4 Å². The van der Waals surface area contributed by atoms with E-state index in [-0.39, 0.29) is 23.6 Å². The number of aromatic nitrogens is 1. The van der Waals surface area contributed by atoms with Crippen LogP contribution in [0.25, 0.3) is 0 Å². The fourth-order valence-electron chi connectivity index (χ4n) is 3.77. The number of hydrogen-bond acceptors (Lipinski definition) is 3. The molecule has 2 fully saturated rings. The van der Waals surface area contributed by atoms with E-state index in [1.165, 1.54) is 12.8 Å². The molecule has 3 amide bonds. The van der Waals surface area contributed by atoms with Crippen molar-refractivity contribution in [2.75, 3.05) is 19.6 Å². The first-order chi connectivity index (χ1) is 12.1. The largest absolute Gasteiger partial charge is 0.354 e. The first-order valence-electron chi connectivity index (χ1n) is 9.03. The molecule has 0 bridgehead atoms. The third-order valence-corrected chi connectivity index (χ3v) is 5.18. The van der Waals surface area contributed by atoms with Crippen LogP contribution in [0, 0.1) is 5.92 Å². The molecule has 7 heteroatoms. The maximum Gasteiger partial charge on any atom is 0.267 e. The molecule has 1 aromatic rings. The van der Waals surface area contributed by atoms with Gasteiger partial charge in [-0.05, 0) is 25.0 Å². The third-order valence-electron chi connectivity index (χ3n) is 5.18. The highest BCUT2D eigenvalue weighted by atomic mass is 16.2. The van der Waals surface area contributed by atoms with Crippen LogP contribution in [0.2, 0.25) is 0 Å². The molecule has 0 radical (unpaired) electrons. The fraction of sp³-hybridized carbons (Fsp3) is 0.611. The minimum Gasteiger partial charge on any atom is -0.354 e. The predicted octanol–water partition coefficient (Wildman–Crippen LogP) is 0.662. The highest BCUT2D eigenvalue weighted by molar-refractivity contribution is 5.92. The van der Waals surface area contributed by atoms with Crippen molar-refractivity contribution in [3.05, 3.63) is 24.0 Å². The third kappa shape index (κ3) is 4.03. The SMILES string of the molecule is Cn1cccc1C(=O)NCCNC(=O)[C@@H]1CC(=O)N(C2CCCC2)C1. The average molecular weight is 346 g/mol. The maximum atomic E-state index is 12.3. The van der Waals surface area contributed by atoms with E-state index in [4.69, 9.17) is 0 Å². The predicted molar refractivity (Wildman–Crippen MR) is 92.8 cm³/mol. The van der Waals surface area contributed by atoms with E-state index in [0.29, 0.717) is 37.8 Å². The van der Waals surface area contributed by atoms with Gasteiger partial charge in [0.2, 0.25) is 11.8 Å². The van der Waals surface area contributed by atoms with Gasteiger partial charge in [0.25, 0.3) is 5.91 Å². The average Bonchev–Trinajstić information content (AvgIpc) is 3.31. The van der Waals surface area contributed by atoms with Crippen LogP contribution in [-0.4, -0.2) is 52.9 Å². The first-order valence-corrected chi connectivity index (χ1v) is 9.03. The molecule has 1 atom stereocenters. The highest BCUT2D eigenvalue weighted by Crippen LogP contribution is 2.29. The molecule has 2 aliphatic rings. The summed E-state index contributed by atoms with van der Waals surface area (Å²) in [6, 6.07) is 3.88. The summed E-state index contributed by atoms with van der Waals surface area (Å²) >= 11 is 0. The molecule has 3 rings (SSSR count). The van der Waals surface area contributed by atoms with Crippen LogP contribution in [0.5, 0.6) is 0 Å². The molecular weight excluding hydrogens is 320 g/mol. The number of amides is 3. The van der Waals surface area contributed by atoms with Crippen molar-refractivity contribution >= 4 is 17.7 Å². The van der Waals surface area contributed by atoms with Gasteiger partial charge in [0.1, 0.15) is 5.69 Å². The molecule has 2 heterocycles. The molecule has 1 saturated carbocycles. The second-order valence-corrected chi connectivity index (χ2v) is 6.94. The van der Waals surface area contributed by atoms with Crippen molar-refractivity contribution in [2.45, 2.75) is 38.1 Å². The standard InChI is InChI=1S/C18H26N4O3/c1-21-10-4-7-15(21)18(25)20-9-8-19-17(24)13-11-16(23)22(12-13)14-5-2-3-6-14/h4,7,10,13-14H,2-3,5-6,8-9,11-12H2,1H3,(H,19,24)(H,20,25)/t13-/m1/s1. The van der Waals surface area contributed by atoms with E-state index in [0.717, 1.165) is 12.8 Å². The summed E-state index contributed by atoms with van der Waals surface area (Å²) < 4.78 is 1.75. The van der Waals surface area contributed by atoms with Crippen LogP contribution in [0.15, 0.2) is 18.3 Å². The number of nitrogens with zero attached hydrogens (tertiary/aromatic N) is 2. The topological polar surface area (TPSA) is 83.4 Å². The first kappa shape index (κ1) is 17.5. The number of aryl methyl sites for hydroxylation is 1. The number of rotatable bonds is 6. The van der Waals surface area contributed by atoms with E-state index in [2.05, 4.69) is 10.6 Å². The zero-order chi connectivity index (χ0) is 17.8. The summed E-state index contributed by atoms with van der Waals surface area (Å²) in [5, 5.41) is 5.61. The van der Waals surface area contributed by atoms with Crippen LogP contribution in [0.3, 0.4) is 0 Å². The molecule has 1 saturated heterocycles.